The quantitative estimate of drug-likeness (QED) is 0.874. The molecule has 1 aromatic rings. The Morgan fingerprint density at radius 1 is 1.45 bits per heavy atom. The molecule has 0 spiro atoms. The second-order valence-electron chi connectivity index (χ2n) is 4.35. The summed E-state index contributed by atoms with van der Waals surface area (Å²) in [6.07, 6.45) is -6.68. The Hall–Kier alpha value is -2.25. The molecule has 0 saturated carbocycles. The fourth-order valence-electron chi connectivity index (χ4n) is 2.08. The summed E-state index contributed by atoms with van der Waals surface area (Å²) in [5.74, 6) is -0.585. The lowest BCUT2D eigenvalue weighted by molar-refractivity contribution is -0.138. The van der Waals surface area contributed by atoms with Crippen LogP contribution in [0.2, 0.25) is 0 Å². The third-order valence-electron chi connectivity index (χ3n) is 3.01. The molecule has 0 bridgehead atoms. The molecule has 1 unspecified atom stereocenters. The minimum absolute atomic E-state index is 0.0604. The van der Waals surface area contributed by atoms with Crippen LogP contribution in [0.5, 0.6) is 0 Å². The third-order valence-corrected chi connectivity index (χ3v) is 3.01. The van der Waals surface area contributed by atoms with Crippen molar-refractivity contribution in [1.29, 1.82) is 0 Å². The zero-order valence-corrected chi connectivity index (χ0v) is 10.4. The molecule has 1 aliphatic rings. The van der Waals surface area contributed by atoms with E-state index in [2.05, 4.69) is 10.1 Å². The summed E-state index contributed by atoms with van der Waals surface area (Å²) in [4.78, 5) is 22.2. The molecule has 5 nitrogen and oxygen atoms in total. The Labute approximate surface area is 111 Å². The molecule has 0 aromatic heterocycles. The van der Waals surface area contributed by atoms with Crippen molar-refractivity contribution in [2.24, 2.45) is 5.73 Å². The Morgan fingerprint density at radius 2 is 2.10 bits per heavy atom. The van der Waals surface area contributed by atoms with Gasteiger partial charge in [0, 0.05) is 12.1 Å². The molecule has 8 heteroatoms. The third kappa shape index (κ3) is 2.54. The average molecular weight is 288 g/mol. The van der Waals surface area contributed by atoms with Crippen LogP contribution in [0.25, 0.3) is 0 Å². The standard InChI is InChI=1S/C12H11F3N2O3/c1-5(20-11(16)19)6-2-7-8(4-17-10(7)18)9(3-6)12(13,14)15/h2-3,5H,4H2,1H3,(H2,16,19)(H,17,18). The van der Waals surface area contributed by atoms with E-state index in [0.29, 0.717) is 0 Å². The molecule has 1 heterocycles. The number of rotatable bonds is 2. The number of halogens is 3. The fraction of sp³-hybridized carbons (Fsp3) is 0.333. The highest BCUT2D eigenvalue weighted by atomic mass is 19.4. The van der Waals surface area contributed by atoms with E-state index in [1.165, 1.54) is 13.0 Å². The van der Waals surface area contributed by atoms with Crippen LogP contribution < -0.4 is 11.1 Å². The lowest BCUT2D eigenvalue weighted by Crippen LogP contribution is -2.17. The molecule has 0 fully saturated rings. The summed E-state index contributed by atoms with van der Waals surface area (Å²) in [7, 11) is 0. The van der Waals surface area contributed by atoms with Crippen LogP contribution in [-0.2, 0) is 17.5 Å². The smallest absolute Gasteiger partial charge is 0.416 e. The number of carbonyl (C=O) groups is 2. The Balaban J connectivity index is 2.53. The number of amides is 2. The van der Waals surface area contributed by atoms with Crippen molar-refractivity contribution in [1.82, 2.24) is 5.32 Å². The van der Waals surface area contributed by atoms with E-state index in [0.717, 1.165) is 6.07 Å². The number of primary amides is 1. The number of nitrogens with one attached hydrogen (secondary N) is 1. The maximum atomic E-state index is 13.0. The van der Waals surface area contributed by atoms with Crippen molar-refractivity contribution in [2.45, 2.75) is 25.7 Å². The Kier molecular flexibility index (Phi) is 3.33. The van der Waals surface area contributed by atoms with Crippen molar-refractivity contribution < 1.29 is 27.5 Å². The second-order valence-corrected chi connectivity index (χ2v) is 4.35. The van der Waals surface area contributed by atoms with Gasteiger partial charge in [0.2, 0.25) is 0 Å². The fourth-order valence-corrected chi connectivity index (χ4v) is 2.08. The van der Waals surface area contributed by atoms with E-state index < -0.39 is 29.8 Å². The first kappa shape index (κ1) is 14.2. The summed E-state index contributed by atoms with van der Waals surface area (Å²) >= 11 is 0. The highest BCUT2D eigenvalue weighted by Crippen LogP contribution is 2.37. The van der Waals surface area contributed by atoms with Crippen molar-refractivity contribution in [3.63, 3.8) is 0 Å². The van der Waals surface area contributed by atoms with Gasteiger partial charge in [0.05, 0.1) is 5.56 Å². The molecule has 0 aliphatic carbocycles. The van der Waals surface area contributed by atoms with E-state index in [4.69, 9.17) is 5.73 Å². The number of carbonyl (C=O) groups excluding carboxylic acids is 2. The molecule has 1 atom stereocenters. The van der Waals surface area contributed by atoms with Gasteiger partial charge in [-0.1, -0.05) is 0 Å². The van der Waals surface area contributed by atoms with Crippen molar-refractivity contribution in [3.05, 3.63) is 34.4 Å². The SMILES string of the molecule is CC(OC(N)=O)c1cc2c(c(C(F)(F)F)c1)CNC2=O. The van der Waals surface area contributed by atoms with Crippen LogP contribution in [-0.4, -0.2) is 12.0 Å². The molecule has 0 saturated heterocycles. The normalized spacial score (nSPS) is 15.5. The minimum Gasteiger partial charge on any atom is -0.442 e. The molecule has 2 rings (SSSR count). The zero-order chi connectivity index (χ0) is 15.1. The molecule has 108 valence electrons. The number of hydrogen-bond acceptors (Lipinski definition) is 3. The van der Waals surface area contributed by atoms with Crippen LogP contribution >= 0.6 is 0 Å². The number of ether oxygens (including phenoxy) is 1. The summed E-state index contributed by atoms with van der Waals surface area (Å²) in [6.45, 7) is 1.20. The van der Waals surface area contributed by atoms with Crippen molar-refractivity contribution >= 4 is 12.0 Å². The number of nitrogens with two attached hydrogens (primary N) is 1. The van der Waals surface area contributed by atoms with Crippen LogP contribution in [0.3, 0.4) is 0 Å². The van der Waals surface area contributed by atoms with E-state index >= 15 is 0 Å². The first-order valence-electron chi connectivity index (χ1n) is 5.68. The molecule has 1 aromatic carbocycles. The largest absolute Gasteiger partial charge is 0.442 e. The van der Waals surface area contributed by atoms with Gasteiger partial charge in [-0.05, 0) is 30.2 Å². The molecule has 2 amide bonds. The Bertz CT molecular complexity index is 584. The van der Waals surface area contributed by atoms with Crippen LogP contribution in [0.4, 0.5) is 18.0 Å². The second kappa shape index (κ2) is 4.69. The predicted octanol–water partition coefficient (Wildman–Crippen LogP) is 2.11. The lowest BCUT2D eigenvalue weighted by atomic mass is 9.97. The number of alkyl halides is 3. The van der Waals surface area contributed by atoms with E-state index in [-0.39, 0.29) is 23.2 Å². The van der Waals surface area contributed by atoms with E-state index in [9.17, 15) is 22.8 Å². The molecule has 3 N–H and O–H groups in total. The zero-order valence-electron chi connectivity index (χ0n) is 10.4. The number of benzene rings is 1. The summed E-state index contributed by atoms with van der Waals surface area (Å²) < 4.78 is 43.7. The summed E-state index contributed by atoms with van der Waals surface area (Å²) in [5.41, 5.74) is 3.82. The molecular weight excluding hydrogens is 277 g/mol. The lowest BCUT2D eigenvalue weighted by Gasteiger charge is -2.17. The van der Waals surface area contributed by atoms with Gasteiger partial charge < -0.3 is 15.8 Å². The van der Waals surface area contributed by atoms with E-state index in [1.807, 2.05) is 0 Å². The van der Waals surface area contributed by atoms with Gasteiger partial charge in [-0.2, -0.15) is 13.2 Å². The van der Waals surface area contributed by atoms with Crippen molar-refractivity contribution in [2.75, 3.05) is 0 Å². The van der Waals surface area contributed by atoms with Crippen LogP contribution in [0, 0.1) is 0 Å². The van der Waals surface area contributed by atoms with Gasteiger partial charge in [-0.25, -0.2) is 4.79 Å². The molecule has 20 heavy (non-hydrogen) atoms. The van der Waals surface area contributed by atoms with Gasteiger partial charge in [-0.3, -0.25) is 4.79 Å². The monoisotopic (exact) mass is 288 g/mol. The highest BCUT2D eigenvalue weighted by Gasteiger charge is 2.38. The summed E-state index contributed by atoms with van der Waals surface area (Å²) in [6, 6.07) is 2.15. The number of fused-ring (bicyclic) bond motifs is 1. The van der Waals surface area contributed by atoms with Gasteiger partial charge in [0.15, 0.2) is 0 Å². The molecule has 1 aliphatic heterocycles. The topological polar surface area (TPSA) is 81.4 Å². The van der Waals surface area contributed by atoms with E-state index in [1.54, 1.807) is 0 Å². The first-order chi connectivity index (χ1) is 9.20. The average Bonchev–Trinajstić information content (AvgIpc) is 2.68. The van der Waals surface area contributed by atoms with Gasteiger partial charge in [-0.15, -0.1) is 0 Å². The van der Waals surface area contributed by atoms with Gasteiger partial charge >= 0.3 is 12.3 Å². The maximum absolute atomic E-state index is 13.0. The van der Waals surface area contributed by atoms with Crippen LogP contribution in [0.15, 0.2) is 12.1 Å². The maximum Gasteiger partial charge on any atom is 0.416 e. The summed E-state index contributed by atoms with van der Waals surface area (Å²) in [5, 5.41) is 2.33. The van der Waals surface area contributed by atoms with Crippen molar-refractivity contribution in [3.8, 4) is 0 Å². The minimum atomic E-state index is -4.60. The van der Waals surface area contributed by atoms with Gasteiger partial charge in [0.25, 0.3) is 5.91 Å². The first-order valence-corrected chi connectivity index (χ1v) is 5.68. The van der Waals surface area contributed by atoms with Crippen LogP contribution in [0.1, 0.15) is 40.1 Å². The number of hydrogen-bond donors (Lipinski definition) is 2. The Morgan fingerprint density at radius 3 is 2.65 bits per heavy atom. The molecular formula is C12H11F3N2O3. The predicted molar refractivity (Wildman–Crippen MR) is 61.7 cm³/mol. The highest BCUT2D eigenvalue weighted by molar-refractivity contribution is 5.99. The van der Waals surface area contributed by atoms with Gasteiger partial charge in [0.1, 0.15) is 6.10 Å². The molecule has 0 radical (unpaired) electrons.